The highest BCUT2D eigenvalue weighted by molar-refractivity contribution is 7.89. The summed E-state index contributed by atoms with van der Waals surface area (Å²) in [6.07, 6.45) is 5.24. The van der Waals surface area contributed by atoms with Gasteiger partial charge in [-0.05, 0) is 55.5 Å². The first kappa shape index (κ1) is 24.4. The third-order valence-corrected chi connectivity index (χ3v) is 10.2. The van der Waals surface area contributed by atoms with Crippen molar-refractivity contribution in [3.8, 4) is 6.07 Å². The highest BCUT2D eigenvalue weighted by Gasteiger charge is 2.44. The largest absolute Gasteiger partial charge is 0.369 e. The van der Waals surface area contributed by atoms with Crippen molar-refractivity contribution in [2.45, 2.75) is 67.5 Å². The number of nitrogens with zero attached hydrogens (tertiary/aromatic N) is 5. The van der Waals surface area contributed by atoms with Crippen molar-refractivity contribution in [2.24, 2.45) is 0 Å². The predicted molar refractivity (Wildman–Crippen MR) is 135 cm³/mol. The fraction of sp³-hybridized carbons (Fsp3) is 0.520. The second-order valence-corrected chi connectivity index (χ2v) is 12.5. The van der Waals surface area contributed by atoms with Crippen molar-refractivity contribution in [3.63, 3.8) is 0 Å². The molecule has 12 heteroatoms. The molecule has 0 spiro atoms. The highest BCUT2D eigenvalue weighted by atomic mass is 32.2. The van der Waals surface area contributed by atoms with E-state index in [0.717, 1.165) is 31.4 Å². The number of aliphatic hydroxyl groups is 1. The second kappa shape index (κ2) is 8.80. The van der Waals surface area contributed by atoms with Crippen LogP contribution in [0, 0.1) is 11.3 Å². The molecule has 1 unspecified atom stereocenters. The first-order valence-corrected chi connectivity index (χ1v) is 14.0. The molecule has 196 valence electrons. The lowest BCUT2D eigenvalue weighted by Crippen LogP contribution is -2.55. The number of halogens is 1. The molecule has 6 rings (SSSR count). The van der Waals surface area contributed by atoms with Gasteiger partial charge in [-0.2, -0.15) is 14.7 Å². The topological polar surface area (TPSA) is 127 Å². The lowest BCUT2D eigenvalue weighted by Gasteiger charge is -2.47. The number of nitriles is 1. The van der Waals surface area contributed by atoms with Gasteiger partial charge in [0, 0.05) is 44.6 Å². The van der Waals surface area contributed by atoms with E-state index in [2.05, 4.69) is 21.6 Å². The summed E-state index contributed by atoms with van der Waals surface area (Å²) in [4.78, 5) is 2.48. The molecule has 4 aliphatic rings. The van der Waals surface area contributed by atoms with Crippen LogP contribution in [-0.2, 0) is 22.1 Å². The van der Waals surface area contributed by atoms with Crippen LogP contribution in [0.25, 0.3) is 6.08 Å². The molecule has 1 atom stereocenters. The van der Waals surface area contributed by atoms with Crippen molar-refractivity contribution in [1.82, 2.24) is 24.3 Å². The van der Waals surface area contributed by atoms with Gasteiger partial charge in [-0.3, -0.25) is 9.58 Å². The van der Waals surface area contributed by atoms with Crippen LogP contribution in [0.1, 0.15) is 55.2 Å². The lowest BCUT2D eigenvalue weighted by atomic mass is 9.76. The van der Waals surface area contributed by atoms with Gasteiger partial charge in [-0.1, -0.05) is 0 Å². The van der Waals surface area contributed by atoms with Crippen LogP contribution in [0.5, 0.6) is 0 Å². The number of anilines is 2. The smallest absolute Gasteiger partial charge is 0.243 e. The maximum Gasteiger partial charge on any atom is 0.243 e. The van der Waals surface area contributed by atoms with Crippen molar-refractivity contribution in [3.05, 3.63) is 41.2 Å². The number of hydrogen-bond donors (Lipinski definition) is 3. The van der Waals surface area contributed by atoms with Crippen molar-refractivity contribution < 1.29 is 17.9 Å². The molecule has 0 radical (unpaired) electrons. The first-order valence-electron chi connectivity index (χ1n) is 12.6. The maximum atomic E-state index is 13.4. The summed E-state index contributed by atoms with van der Waals surface area (Å²) in [5, 5.41) is 31.7. The molecule has 2 aromatic rings. The van der Waals surface area contributed by atoms with Crippen LogP contribution in [-0.4, -0.2) is 64.9 Å². The Morgan fingerprint density at radius 2 is 2.08 bits per heavy atom. The van der Waals surface area contributed by atoms with Crippen LogP contribution in [0.3, 0.4) is 0 Å². The van der Waals surface area contributed by atoms with E-state index < -0.39 is 28.0 Å². The summed E-state index contributed by atoms with van der Waals surface area (Å²) in [5.74, 6) is 0.455. The zero-order valence-electron chi connectivity index (χ0n) is 20.6. The Morgan fingerprint density at radius 3 is 2.78 bits per heavy atom. The van der Waals surface area contributed by atoms with Gasteiger partial charge in [-0.15, -0.1) is 0 Å². The molecule has 10 nitrogen and oxygen atoms in total. The number of alkyl halides is 1. The summed E-state index contributed by atoms with van der Waals surface area (Å²) < 4.78 is 41.5. The first-order chi connectivity index (χ1) is 17.7. The van der Waals surface area contributed by atoms with Gasteiger partial charge in [0.05, 0.1) is 34.2 Å². The summed E-state index contributed by atoms with van der Waals surface area (Å²) >= 11 is 0. The number of fused-ring (bicyclic) bond motifs is 2. The van der Waals surface area contributed by atoms with Crippen LogP contribution in [0.2, 0.25) is 0 Å². The Bertz CT molecular complexity index is 1400. The van der Waals surface area contributed by atoms with Gasteiger partial charge < -0.3 is 15.7 Å². The zero-order valence-corrected chi connectivity index (χ0v) is 21.4. The molecule has 1 aliphatic carbocycles. The van der Waals surface area contributed by atoms with Crippen molar-refractivity contribution in [2.75, 3.05) is 25.5 Å². The normalized spacial score (nSPS) is 29.1. The summed E-state index contributed by atoms with van der Waals surface area (Å²) in [5.41, 5.74) is 2.13. The molecule has 1 aromatic carbocycles. The number of sulfonamides is 1. The van der Waals surface area contributed by atoms with Crippen LogP contribution < -0.4 is 10.6 Å². The van der Waals surface area contributed by atoms with Gasteiger partial charge in [0.25, 0.3) is 0 Å². The molecule has 1 aromatic heterocycles. The lowest BCUT2D eigenvalue weighted by molar-refractivity contribution is -0.00410. The molecule has 0 amide bonds. The molecule has 1 saturated heterocycles. The number of hydrogen-bond acceptors (Lipinski definition) is 8. The fourth-order valence-electron chi connectivity index (χ4n) is 6.16. The van der Waals surface area contributed by atoms with Gasteiger partial charge in [0.15, 0.2) is 12.0 Å². The monoisotopic (exact) mass is 527 g/mol. The Morgan fingerprint density at radius 1 is 1.32 bits per heavy atom. The van der Waals surface area contributed by atoms with E-state index in [4.69, 9.17) is 5.10 Å². The quantitative estimate of drug-likeness (QED) is 0.542. The predicted octanol–water partition coefficient (Wildman–Crippen LogP) is 2.53. The van der Waals surface area contributed by atoms with E-state index in [1.54, 1.807) is 31.4 Å². The Balaban J connectivity index is 1.34. The van der Waals surface area contributed by atoms with Gasteiger partial charge in [0.2, 0.25) is 10.0 Å². The second-order valence-electron chi connectivity index (χ2n) is 10.5. The van der Waals surface area contributed by atoms with E-state index in [1.807, 2.05) is 10.8 Å². The summed E-state index contributed by atoms with van der Waals surface area (Å²) in [7, 11) is -1.91. The number of benzene rings is 1. The number of aliphatic hydroxyl groups excluding tert-OH is 1. The zero-order chi connectivity index (χ0) is 25.9. The summed E-state index contributed by atoms with van der Waals surface area (Å²) in [6.45, 7) is 1.26. The molecule has 1 saturated carbocycles. The molecule has 3 aliphatic heterocycles. The van der Waals surface area contributed by atoms with Crippen molar-refractivity contribution >= 4 is 27.6 Å². The molecule has 37 heavy (non-hydrogen) atoms. The van der Waals surface area contributed by atoms with E-state index in [0.29, 0.717) is 53.2 Å². The molecule has 3 N–H and O–H groups in total. The molecular formula is C25H30FN7O3S. The molecule has 0 bridgehead atoms. The number of likely N-dealkylation sites (tertiary alicyclic amines) is 1. The van der Waals surface area contributed by atoms with E-state index in [-0.39, 0.29) is 6.42 Å². The van der Waals surface area contributed by atoms with Gasteiger partial charge >= 0.3 is 0 Å². The van der Waals surface area contributed by atoms with Gasteiger partial charge in [-0.25, -0.2) is 12.8 Å². The van der Waals surface area contributed by atoms with Crippen LogP contribution in [0.15, 0.2) is 29.3 Å². The average molecular weight is 528 g/mol. The van der Waals surface area contributed by atoms with E-state index >= 15 is 0 Å². The third-order valence-electron chi connectivity index (χ3n) is 8.26. The third kappa shape index (κ3) is 3.92. The Labute approximate surface area is 215 Å². The van der Waals surface area contributed by atoms with Gasteiger partial charge in [0.1, 0.15) is 6.17 Å². The molecular weight excluding hydrogens is 497 g/mol. The number of nitrogens with one attached hydrogen (secondary N) is 2. The minimum atomic E-state index is -3.46. The number of aromatic nitrogens is 2. The summed E-state index contributed by atoms with van der Waals surface area (Å²) in [6, 6.07) is 7.74. The Kier molecular flexibility index (Phi) is 5.80. The average Bonchev–Trinajstić information content (AvgIpc) is 3.33. The highest BCUT2D eigenvalue weighted by Crippen LogP contribution is 2.44. The minimum Gasteiger partial charge on any atom is -0.369 e. The molecule has 2 fully saturated rings. The van der Waals surface area contributed by atoms with Crippen molar-refractivity contribution in [1.29, 1.82) is 5.26 Å². The Hall–Kier alpha value is -2.98. The standard InChI is InChI=1S/C25H30FN7O3S/c1-31-13-16-12-18(2-3-21(16)37(31,35)36)29-23-22-20(6-11-28-24(22)34)33(30-23)25(9-10-27)7-4-19(5-8-25)32-14-17(26)15-32/h2-3,6,11-12,17,19,24,28,34H,4-5,7-9,13-15H2,1H3,(H,29,30)/t19-,24?,25+. The fourth-order valence-corrected chi connectivity index (χ4v) is 7.50. The number of rotatable bonds is 5. The van der Waals surface area contributed by atoms with Crippen LogP contribution in [0.4, 0.5) is 15.9 Å². The minimum absolute atomic E-state index is 0.277. The molecule has 4 heterocycles. The van der Waals surface area contributed by atoms with E-state index in [1.165, 1.54) is 4.31 Å². The van der Waals surface area contributed by atoms with Crippen LogP contribution >= 0.6 is 0 Å². The SMILES string of the molecule is CN1Cc2cc(Nc3nn([C@]4(CC#N)CC[C@H](N5CC(F)C5)CC4)c4c3C(O)NC=C4)ccc2S1(=O)=O. The van der Waals surface area contributed by atoms with E-state index in [9.17, 15) is 23.2 Å². The maximum absolute atomic E-state index is 13.4.